The summed E-state index contributed by atoms with van der Waals surface area (Å²) in [6.07, 6.45) is -3.84. The highest BCUT2D eigenvalue weighted by atomic mass is 35.5. The Labute approximate surface area is 128 Å². The summed E-state index contributed by atoms with van der Waals surface area (Å²) in [6.45, 7) is 0.228. The van der Waals surface area contributed by atoms with Gasteiger partial charge in [0.05, 0.1) is 22.9 Å². The summed E-state index contributed by atoms with van der Waals surface area (Å²) in [6, 6.07) is 6.04. The number of hydrogen-bond donors (Lipinski definition) is 2. The Morgan fingerprint density at radius 1 is 1.23 bits per heavy atom. The van der Waals surface area contributed by atoms with Gasteiger partial charge in [-0.25, -0.2) is 0 Å². The zero-order valence-corrected chi connectivity index (χ0v) is 11.9. The minimum atomic E-state index is -4.55. The maximum absolute atomic E-state index is 12.7. The molecule has 0 spiro atoms. The zero-order valence-electron chi connectivity index (χ0n) is 11.2. The summed E-state index contributed by atoms with van der Waals surface area (Å²) in [5, 5.41) is 11.7. The van der Waals surface area contributed by atoms with E-state index in [2.05, 4.69) is 5.32 Å². The van der Waals surface area contributed by atoms with Crippen LogP contribution in [0, 0.1) is 0 Å². The van der Waals surface area contributed by atoms with E-state index in [0.717, 1.165) is 16.7 Å². The molecule has 0 atom stereocenters. The van der Waals surface area contributed by atoms with Crippen LogP contribution < -0.4 is 10.9 Å². The second-order valence-electron chi connectivity index (χ2n) is 4.44. The van der Waals surface area contributed by atoms with Crippen LogP contribution in [0.5, 0.6) is 0 Å². The SMILES string of the molecule is O=c1ccc(C(F)(F)F)cn1-c1ccc(NCCO)cc1Cl. The third-order valence-corrected chi connectivity index (χ3v) is 3.19. The van der Waals surface area contributed by atoms with Gasteiger partial charge in [0, 0.05) is 24.5 Å². The van der Waals surface area contributed by atoms with Crippen molar-refractivity contribution >= 4 is 17.3 Å². The topological polar surface area (TPSA) is 54.3 Å². The maximum atomic E-state index is 12.7. The highest BCUT2D eigenvalue weighted by Crippen LogP contribution is 2.30. The molecule has 0 unspecified atom stereocenters. The first-order valence-electron chi connectivity index (χ1n) is 6.27. The molecule has 1 heterocycles. The number of anilines is 1. The van der Waals surface area contributed by atoms with E-state index in [1.54, 1.807) is 6.07 Å². The average Bonchev–Trinajstić information content (AvgIpc) is 2.45. The molecule has 1 aromatic heterocycles. The van der Waals surface area contributed by atoms with E-state index < -0.39 is 17.3 Å². The minimum Gasteiger partial charge on any atom is -0.395 e. The Balaban J connectivity index is 2.46. The highest BCUT2D eigenvalue weighted by Gasteiger charge is 2.31. The van der Waals surface area contributed by atoms with Crippen LogP contribution in [0.1, 0.15) is 5.56 Å². The van der Waals surface area contributed by atoms with Crippen molar-refractivity contribution in [2.24, 2.45) is 0 Å². The number of rotatable bonds is 4. The van der Waals surface area contributed by atoms with E-state index in [0.29, 0.717) is 18.4 Å². The first kappa shape index (κ1) is 16.4. The van der Waals surface area contributed by atoms with Crippen LogP contribution in [0.15, 0.2) is 41.3 Å². The number of halogens is 4. The fourth-order valence-electron chi connectivity index (χ4n) is 1.86. The number of nitrogens with one attached hydrogen (secondary N) is 1. The second-order valence-corrected chi connectivity index (χ2v) is 4.85. The van der Waals surface area contributed by atoms with Gasteiger partial charge in [-0.05, 0) is 24.3 Å². The van der Waals surface area contributed by atoms with Crippen LogP contribution in [0.2, 0.25) is 5.02 Å². The Morgan fingerprint density at radius 3 is 2.55 bits per heavy atom. The van der Waals surface area contributed by atoms with Gasteiger partial charge >= 0.3 is 6.18 Å². The molecule has 22 heavy (non-hydrogen) atoms. The van der Waals surface area contributed by atoms with Crippen molar-refractivity contribution in [2.45, 2.75) is 6.18 Å². The molecule has 0 bridgehead atoms. The number of pyridine rings is 1. The third-order valence-electron chi connectivity index (χ3n) is 2.89. The molecule has 118 valence electrons. The summed E-state index contributed by atoms with van der Waals surface area (Å²) in [4.78, 5) is 11.8. The lowest BCUT2D eigenvalue weighted by Crippen LogP contribution is -2.20. The van der Waals surface area contributed by atoms with Crippen molar-refractivity contribution in [3.8, 4) is 5.69 Å². The van der Waals surface area contributed by atoms with Gasteiger partial charge < -0.3 is 10.4 Å². The normalized spacial score (nSPS) is 11.5. The summed E-state index contributed by atoms with van der Waals surface area (Å²) in [5.41, 5.74) is -0.827. The van der Waals surface area contributed by atoms with Crippen LogP contribution in [0.4, 0.5) is 18.9 Å². The van der Waals surface area contributed by atoms with Crippen LogP contribution in [0.25, 0.3) is 5.69 Å². The van der Waals surface area contributed by atoms with Gasteiger partial charge in [0.1, 0.15) is 0 Å². The first-order valence-corrected chi connectivity index (χ1v) is 6.65. The largest absolute Gasteiger partial charge is 0.417 e. The molecule has 0 aliphatic carbocycles. The second kappa shape index (κ2) is 6.41. The van der Waals surface area contributed by atoms with Crippen LogP contribution >= 0.6 is 11.6 Å². The molecular weight excluding hydrogens is 321 g/mol. The van der Waals surface area contributed by atoms with Crippen molar-refractivity contribution in [3.63, 3.8) is 0 Å². The van der Waals surface area contributed by atoms with Crippen LogP contribution in [-0.4, -0.2) is 22.8 Å². The van der Waals surface area contributed by atoms with Gasteiger partial charge in [-0.2, -0.15) is 13.2 Å². The van der Waals surface area contributed by atoms with Crippen molar-refractivity contribution < 1.29 is 18.3 Å². The molecule has 0 radical (unpaired) electrons. The molecule has 2 aromatic rings. The van der Waals surface area contributed by atoms with E-state index >= 15 is 0 Å². The lowest BCUT2D eigenvalue weighted by atomic mass is 10.2. The van der Waals surface area contributed by atoms with Gasteiger partial charge in [-0.1, -0.05) is 11.6 Å². The first-order chi connectivity index (χ1) is 10.3. The summed E-state index contributed by atoms with van der Waals surface area (Å²) in [7, 11) is 0. The molecular formula is C14H12ClF3N2O2. The fraction of sp³-hybridized carbons (Fsp3) is 0.214. The van der Waals surface area contributed by atoms with E-state index in [-0.39, 0.29) is 17.3 Å². The van der Waals surface area contributed by atoms with Crippen molar-refractivity contribution in [1.82, 2.24) is 4.57 Å². The summed E-state index contributed by atoms with van der Waals surface area (Å²) in [5.74, 6) is 0. The van der Waals surface area contributed by atoms with Crippen molar-refractivity contribution in [2.75, 3.05) is 18.5 Å². The monoisotopic (exact) mass is 332 g/mol. The summed E-state index contributed by atoms with van der Waals surface area (Å²) < 4.78 is 39.1. The molecule has 0 aliphatic rings. The van der Waals surface area contributed by atoms with Gasteiger partial charge in [-0.3, -0.25) is 9.36 Å². The van der Waals surface area contributed by atoms with E-state index in [4.69, 9.17) is 16.7 Å². The Hall–Kier alpha value is -1.99. The van der Waals surface area contributed by atoms with E-state index in [1.165, 1.54) is 12.1 Å². The third kappa shape index (κ3) is 3.61. The number of aliphatic hydroxyl groups excluding tert-OH is 1. The average molecular weight is 333 g/mol. The van der Waals surface area contributed by atoms with Gasteiger partial charge in [0.2, 0.25) is 0 Å². The molecule has 1 aromatic carbocycles. The van der Waals surface area contributed by atoms with Crippen molar-refractivity contribution in [3.05, 3.63) is 57.5 Å². The van der Waals surface area contributed by atoms with Crippen LogP contribution in [-0.2, 0) is 6.18 Å². The smallest absolute Gasteiger partial charge is 0.395 e. The van der Waals surface area contributed by atoms with Gasteiger partial charge in [-0.15, -0.1) is 0 Å². The Kier molecular flexibility index (Phi) is 4.77. The predicted octanol–water partition coefficient (Wildman–Crippen LogP) is 2.91. The van der Waals surface area contributed by atoms with Gasteiger partial charge in [0.15, 0.2) is 0 Å². The van der Waals surface area contributed by atoms with E-state index in [1.807, 2.05) is 0 Å². The molecule has 0 aliphatic heterocycles. The molecule has 0 amide bonds. The Morgan fingerprint density at radius 2 is 1.95 bits per heavy atom. The number of benzene rings is 1. The van der Waals surface area contributed by atoms with E-state index in [9.17, 15) is 18.0 Å². The highest BCUT2D eigenvalue weighted by molar-refractivity contribution is 6.32. The molecule has 8 heteroatoms. The standard InChI is InChI=1S/C14H12ClF3N2O2/c15-11-7-10(19-5-6-21)2-3-12(11)20-8-9(14(16,17)18)1-4-13(20)22/h1-4,7-8,19,21H,5-6H2. The molecule has 0 saturated carbocycles. The predicted molar refractivity (Wildman–Crippen MR) is 77.6 cm³/mol. The number of aliphatic hydroxyl groups is 1. The number of alkyl halides is 3. The summed E-state index contributed by atoms with van der Waals surface area (Å²) >= 11 is 6.04. The lowest BCUT2D eigenvalue weighted by Gasteiger charge is -2.13. The fourth-order valence-corrected chi connectivity index (χ4v) is 2.13. The molecule has 0 saturated heterocycles. The number of aromatic nitrogens is 1. The zero-order chi connectivity index (χ0) is 16.3. The Bertz CT molecular complexity index is 729. The molecule has 2 rings (SSSR count). The minimum absolute atomic E-state index is 0.0769. The number of nitrogens with zero attached hydrogens (tertiary/aromatic N) is 1. The number of hydrogen-bond acceptors (Lipinski definition) is 3. The van der Waals surface area contributed by atoms with Crippen molar-refractivity contribution in [1.29, 1.82) is 0 Å². The maximum Gasteiger partial charge on any atom is 0.417 e. The molecule has 2 N–H and O–H groups in total. The van der Waals surface area contributed by atoms with Gasteiger partial charge in [0.25, 0.3) is 5.56 Å². The molecule has 0 fully saturated rings. The lowest BCUT2D eigenvalue weighted by molar-refractivity contribution is -0.138. The van der Waals surface area contributed by atoms with Crippen LogP contribution in [0.3, 0.4) is 0 Å². The molecule has 4 nitrogen and oxygen atoms in total. The quantitative estimate of drug-likeness (QED) is 0.905.